The van der Waals surface area contributed by atoms with Crippen LogP contribution in [0.1, 0.15) is 44.2 Å². The predicted octanol–water partition coefficient (Wildman–Crippen LogP) is 3.25. The van der Waals surface area contributed by atoms with E-state index in [-0.39, 0.29) is 5.52 Å². The molecule has 2 aromatic rings. The molecule has 0 amide bonds. The van der Waals surface area contributed by atoms with Crippen molar-refractivity contribution in [1.29, 1.82) is 0 Å². The molecule has 1 aliphatic carbocycles. The molecule has 2 heterocycles. The van der Waals surface area contributed by atoms with Crippen LogP contribution in [0.4, 0.5) is 13.2 Å². The van der Waals surface area contributed by atoms with E-state index in [2.05, 4.69) is 5.10 Å². The van der Waals surface area contributed by atoms with Gasteiger partial charge in [0.25, 0.3) is 5.56 Å². The Bertz CT molecular complexity index is 745. The quantitative estimate of drug-likeness (QED) is 0.783. The maximum absolute atomic E-state index is 12.7. The van der Waals surface area contributed by atoms with Crippen molar-refractivity contribution < 1.29 is 17.9 Å². The molecule has 3 rings (SSSR count). The molecule has 1 aliphatic rings. The summed E-state index contributed by atoms with van der Waals surface area (Å²) in [5, 5.41) is 3.40. The van der Waals surface area contributed by atoms with E-state index in [0.717, 1.165) is 23.4 Å². The second-order valence-corrected chi connectivity index (χ2v) is 6.14. The van der Waals surface area contributed by atoms with E-state index in [4.69, 9.17) is 4.74 Å². The molecular weight excluding hydrogens is 323 g/mol. The van der Waals surface area contributed by atoms with Gasteiger partial charge in [0.15, 0.2) is 5.69 Å². The second kappa shape index (κ2) is 6.96. The molecule has 24 heavy (non-hydrogen) atoms. The van der Waals surface area contributed by atoms with Crippen LogP contribution in [0.5, 0.6) is 0 Å². The van der Waals surface area contributed by atoms with Crippen LogP contribution in [0.15, 0.2) is 23.3 Å². The molecule has 0 bridgehead atoms. The average molecular weight is 343 g/mol. The van der Waals surface area contributed by atoms with Gasteiger partial charge in [0, 0.05) is 31.6 Å². The van der Waals surface area contributed by atoms with Crippen LogP contribution in [0, 0.1) is 0 Å². The zero-order chi connectivity index (χ0) is 17.2. The molecule has 0 aliphatic heterocycles. The van der Waals surface area contributed by atoms with Gasteiger partial charge in [-0.05, 0) is 19.3 Å². The van der Waals surface area contributed by atoms with Gasteiger partial charge in [-0.1, -0.05) is 19.3 Å². The number of fused-ring (bicyclic) bond motifs is 1. The lowest BCUT2D eigenvalue weighted by molar-refractivity contribution is -0.141. The van der Waals surface area contributed by atoms with Crippen molar-refractivity contribution in [2.45, 2.75) is 57.3 Å². The SMILES string of the molecule is O=c1c2cc(C(F)(F)F)nn2ccn1CCCOC1CCCCC1. The standard InChI is InChI=1S/C16H20F3N3O2/c17-16(18,19)14-11-13-15(23)21(8-9-22(13)20-14)7-4-10-24-12-5-2-1-3-6-12/h8-9,11-12H,1-7,10H2. The third-order valence-corrected chi connectivity index (χ3v) is 4.34. The molecule has 0 unspecified atom stereocenters. The molecule has 132 valence electrons. The minimum absolute atomic E-state index is 0.0713. The molecule has 1 fully saturated rings. The first kappa shape index (κ1) is 17.0. The fraction of sp³-hybridized carbons (Fsp3) is 0.625. The van der Waals surface area contributed by atoms with E-state index in [1.807, 2.05) is 0 Å². The molecule has 0 radical (unpaired) electrons. The monoisotopic (exact) mass is 343 g/mol. The number of aryl methyl sites for hydroxylation is 1. The molecule has 2 aromatic heterocycles. The fourth-order valence-corrected chi connectivity index (χ4v) is 3.06. The summed E-state index contributed by atoms with van der Waals surface area (Å²) in [4.78, 5) is 12.3. The lowest BCUT2D eigenvalue weighted by Gasteiger charge is -2.22. The summed E-state index contributed by atoms with van der Waals surface area (Å²) in [6.07, 6.45) is 5.06. The summed E-state index contributed by atoms with van der Waals surface area (Å²) in [5.41, 5.74) is -1.60. The van der Waals surface area contributed by atoms with Gasteiger partial charge in [-0.15, -0.1) is 0 Å². The van der Waals surface area contributed by atoms with Crippen LogP contribution in [-0.4, -0.2) is 26.9 Å². The topological polar surface area (TPSA) is 48.5 Å². The highest BCUT2D eigenvalue weighted by Gasteiger charge is 2.34. The van der Waals surface area contributed by atoms with Crippen molar-refractivity contribution in [2.75, 3.05) is 6.61 Å². The summed E-state index contributed by atoms with van der Waals surface area (Å²) in [6.45, 7) is 0.962. The molecule has 8 heteroatoms. The maximum Gasteiger partial charge on any atom is 0.435 e. The first-order chi connectivity index (χ1) is 11.4. The number of nitrogens with zero attached hydrogens (tertiary/aromatic N) is 3. The van der Waals surface area contributed by atoms with Crippen LogP contribution >= 0.6 is 0 Å². The number of halogens is 3. The lowest BCUT2D eigenvalue weighted by atomic mass is 9.98. The van der Waals surface area contributed by atoms with E-state index in [9.17, 15) is 18.0 Å². The lowest BCUT2D eigenvalue weighted by Crippen LogP contribution is -2.23. The highest BCUT2D eigenvalue weighted by Crippen LogP contribution is 2.28. The molecule has 0 saturated heterocycles. The largest absolute Gasteiger partial charge is 0.435 e. The van der Waals surface area contributed by atoms with Crippen molar-refractivity contribution in [3.05, 3.63) is 34.5 Å². The van der Waals surface area contributed by atoms with Crippen LogP contribution in [0.3, 0.4) is 0 Å². The first-order valence-corrected chi connectivity index (χ1v) is 8.23. The number of ether oxygens (including phenoxy) is 1. The van der Waals surface area contributed by atoms with Crippen molar-refractivity contribution in [2.24, 2.45) is 0 Å². The van der Waals surface area contributed by atoms with Gasteiger partial charge >= 0.3 is 6.18 Å². The van der Waals surface area contributed by atoms with Gasteiger partial charge in [-0.3, -0.25) is 4.79 Å². The smallest absolute Gasteiger partial charge is 0.378 e. The van der Waals surface area contributed by atoms with Crippen molar-refractivity contribution >= 4 is 5.52 Å². The molecule has 0 aromatic carbocycles. The van der Waals surface area contributed by atoms with Gasteiger partial charge < -0.3 is 9.30 Å². The highest BCUT2D eigenvalue weighted by molar-refractivity contribution is 5.45. The second-order valence-electron chi connectivity index (χ2n) is 6.14. The third-order valence-electron chi connectivity index (χ3n) is 4.34. The van der Waals surface area contributed by atoms with E-state index in [1.54, 1.807) is 0 Å². The van der Waals surface area contributed by atoms with E-state index in [0.29, 0.717) is 25.7 Å². The summed E-state index contributed by atoms with van der Waals surface area (Å²) >= 11 is 0. The number of hydrogen-bond acceptors (Lipinski definition) is 3. The molecule has 1 saturated carbocycles. The Morgan fingerprint density at radius 3 is 2.67 bits per heavy atom. The van der Waals surface area contributed by atoms with E-state index in [1.165, 1.54) is 36.2 Å². The normalized spacial score (nSPS) is 16.8. The third kappa shape index (κ3) is 3.80. The summed E-state index contributed by atoms with van der Waals surface area (Å²) in [5.74, 6) is 0. The Morgan fingerprint density at radius 2 is 1.96 bits per heavy atom. The van der Waals surface area contributed by atoms with Crippen molar-refractivity contribution in [3.63, 3.8) is 0 Å². The molecule has 0 spiro atoms. The van der Waals surface area contributed by atoms with Gasteiger partial charge in [-0.2, -0.15) is 18.3 Å². The first-order valence-electron chi connectivity index (χ1n) is 8.23. The predicted molar refractivity (Wildman–Crippen MR) is 81.9 cm³/mol. The number of hydrogen-bond donors (Lipinski definition) is 0. The number of alkyl halides is 3. The summed E-state index contributed by atoms with van der Waals surface area (Å²) in [6, 6.07) is 0.789. The molecular formula is C16H20F3N3O2. The number of rotatable bonds is 5. The van der Waals surface area contributed by atoms with Gasteiger partial charge in [0.05, 0.1) is 6.10 Å². The van der Waals surface area contributed by atoms with E-state index < -0.39 is 17.4 Å². The van der Waals surface area contributed by atoms with Crippen LogP contribution in [0.25, 0.3) is 5.52 Å². The summed E-state index contributed by atoms with van der Waals surface area (Å²) in [7, 11) is 0. The zero-order valence-corrected chi connectivity index (χ0v) is 13.3. The van der Waals surface area contributed by atoms with Crippen molar-refractivity contribution in [1.82, 2.24) is 14.2 Å². The zero-order valence-electron chi connectivity index (χ0n) is 13.3. The van der Waals surface area contributed by atoms with Gasteiger partial charge in [-0.25, -0.2) is 4.52 Å². The van der Waals surface area contributed by atoms with E-state index >= 15 is 0 Å². The fourth-order valence-electron chi connectivity index (χ4n) is 3.06. The molecule has 0 N–H and O–H groups in total. The Kier molecular flexibility index (Phi) is 4.93. The van der Waals surface area contributed by atoms with Crippen molar-refractivity contribution in [3.8, 4) is 0 Å². The van der Waals surface area contributed by atoms with Crippen LogP contribution in [0.2, 0.25) is 0 Å². The van der Waals surface area contributed by atoms with Crippen LogP contribution in [-0.2, 0) is 17.5 Å². The average Bonchev–Trinajstić information content (AvgIpc) is 3.00. The summed E-state index contributed by atoms with van der Waals surface area (Å²) < 4.78 is 46.2. The highest BCUT2D eigenvalue weighted by atomic mass is 19.4. The molecule has 5 nitrogen and oxygen atoms in total. The molecule has 0 atom stereocenters. The minimum atomic E-state index is -4.56. The Hall–Kier alpha value is -1.83. The maximum atomic E-state index is 12.7. The van der Waals surface area contributed by atoms with Gasteiger partial charge in [0.1, 0.15) is 5.52 Å². The number of aromatic nitrogens is 3. The van der Waals surface area contributed by atoms with Gasteiger partial charge in [0.2, 0.25) is 0 Å². The van der Waals surface area contributed by atoms with Crippen LogP contribution < -0.4 is 5.56 Å². The Morgan fingerprint density at radius 1 is 1.21 bits per heavy atom. The minimum Gasteiger partial charge on any atom is -0.378 e. The Labute approximate surface area is 137 Å². The Balaban J connectivity index is 1.62.